The Hall–Kier alpha value is -0.570. The monoisotopic (exact) mass is 330 g/mol. The van der Waals surface area contributed by atoms with Crippen LogP contribution in [0.1, 0.15) is 65.7 Å². The Morgan fingerprint density at radius 1 is 1.04 bits per heavy atom. The summed E-state index contributed by atoms with van der Waals surface area (Å²) in [4.78, 5) is 12.9. The lowest BCUT2D eigenvalue weighted by molar-refractivity contribution is -0.157. The Balaban J connectivity index is 1.32. The van der Waals surface area contributed by atoms with E-state index in [9.17, 15) is 4.79 Å². The van der Waals surface area contributed by atoms with E-state index in [4.69, 9.17) is 9.47 Å². The van der Waals surface area contributed by atoms with Gasteiger partial charge in [0.1, 0.15) is 17.6 Å². The maximum Gasteiger partial charge on any atom is 0.315 e. The molecule has 0 amide bonds. The number of rotatable bonds is 2. The predicted octanol–water partition coefficient (Wildman–Crippen LogP) is 3.95. The maximum absolute atomic E-state index is 12.9. The van der Waals surface area contributed by atoms with E-state index >= 15 is 0 Å². The van der Waals surface area contributed by atoms with Crippen LogP contribution in [0.25, 0.3) is 0 Å². The quantitative estimate of drug-likeness (QED) is 0.719. The van der Waals surface area contributed by atoms with Gasteiger partial charge in [-0.1, -0.05) is 20.8 Å². The molecule has 3 unspecified atom stereocenters. The van der Waals surface area contributed by atoms with Gasteiger partial charge in [0.2, 0.25) is 0 Å². The van der Waals surface area contributed by atoms with Crippen LogP contribution in [0.5, 0.6) is 0 Å². The van der Waals surface area contributed by atoms with Crippen LogP contribution in [0.15, 0.2) is 0 Å². The molecule has 0 spiro atoms. The maximum atomic E-state index is 12.9. The number of fused-ring (bicyclic) bond motifs is 1. The van der Waals surface area contributed by atoms with Gasteiger partial charge in [-0.25, -0.2) is 0 Å². The number of hydrogen-bond donors (Lipinski definition) is 0. The fourth-order valence-corrected chi connectivity index (χ4v) is 8.83. The van der Waals surface area contributed by atoms with Crippen LogP contribution < -0.4 is 0 Å². The summed E-state index contributed by atoms with van der Waals surface area (Å²) in [6.07, 6.45) is 9.35. The molecule has 3 aliphatic heterocycles. The lowest BCUT2D eigenvalue weighted by atomic mass is 9.41. The highest BCUT2D eigenvalue weighted by molar-refractivity contribution is 5.81. The van der Waals surface area contributed by atoms with E-state index in [0.717, 1.165) is 30.6 Å². The summed E-state index contributed by atoms with van der Waals surface area (Å²) in [6, 6.07) is 0. The first-order chi connectivity index (χ1) is 11.3. The van der Waals surface area contributed by atoms with Crippen molar-refractivity contribution in [3.05, 3.63) is 0 Å². The second kappa shape index (κ2) is 4.05. The normalized spacial score (nSPS) is 65.6. The van der Waals surface area contributed by atoms with Crippen molar-refractivity contribution in [3.63, 3.8) is 0 Å². The van der Waals surface area contributed by atoms with Gasteiger partial charge in [-0.2, -0.15) is 0 Å². The topological polar surface area (TPSA) is 35.5 Å². The molecule has 132 valence electrons. The minimum atomic E-state index is -0.288. The van der Waals surface area contributed by atoms with Crippen molar-refractivity contribution in [2.45, 2.75) is 84.0 Å². The van der Waals surface area contributed by atoms with E-state index in [1.165, 1.54) is 32.1 Å². The SMILES string of the molecule is C[C@@H]1C2C[C@@]3(CC4C5CC6(C)CC4CC(C)(C5)C6)C(=O)OC1C3O2. The van der Waals surface area contributed by atoms with Crippen molar-refractivity contribution < 1.29 is 14.3 Å². The fourth-order valence-electron chi connectivity index (χ4n) is 8.83. The predicted molar refractivity (Wildman–Crippen MR) is 89.1 cm³/mol. The third-order valence-electron chi connectivity index (χ3n) is 9.17. The molecule has 7 aliphatic rings. The zero-order chi connectivity index (χ0) is 16.5. The van der Waals surface area contributed by atoms with E-state index < -0.39 is 0 Å². The minimum absolute atomic E-state index is 0.0446. The van der Waals surface area contributed by atoms with Crippen LogP contribution >= 0.6 is 0 Å². The number of esters is 1. The van der Waals surface area contributed by atoms with Gasteiger partial charge in [0.15, 0.2) is 0 Å². The molecule has 0 aromatic rings. The molecule has 3 heteroatoms. The van der Waals surface area contributed by atoms with Crippen molar-refractivity contribution in [1.82, 2.24) is 0 Å². The Kier molecular flexibility index (Phi) is 2.46. The first-order valence-electron chi connectivity index (χ1n) is 10.2. The van der Waals surface area contributed by atoms with Gasteiger partial charge >= 0.3 is 5.97 Å². The molecule has 7 fully saturated rings. The smallest absolute Gasteiger partial charge is 0.315 e. The third kappa shape index (κ3) is 1.57. The molecule has 0 aromatic heterocycles. The summed E-state index contributed by atoms with van der Waals surface area (Å²) in [7, 11) is 0. The van der Waals surface area contributed by atoms with E-state index in [2.05, 4.69) is 20.8 Å². The van der Waals surface area contributed by atoms with E-state index in [0.29, 0.717) is 16.7 Å². The molecule has 5 atom stereocenters. The van der Waals surface area contributed by atoms with Crippen molar-refractivity contribution >= 4 is 5.97 Å². The Morgan fingerprint density at radius 2 is 1.67 bits per heavy atom. The van der Waals surface area contributed by atoms with Crippen LogP contribution in [0.3, 0.4) is 0 Å². The van der Waals surface area contributed by atoms with Crippen molar-refractivity contribution in [3.8, 4) is 0 Å². The van der Waals surface area contributed by atoms with Crippen LogP contribution in [-0.4, -0.2) is 24.3 Å². The van der Waals surface area contributed by atoms with Gasteiger partial charge in [-0.05, 0) is 73.5 Å². The zero-order valence-electron chi connectivity index (χ0n) is 15.2. The first kappa shape index (κ1) is 14.6. The molecule has 3 nitrogen and oxygen atoms in total. The van der Waals surface area contributed by atoms with Gasteiger partial charge in [0.25, 0.3) is 0 Å². The molecular weight excluding hydrogens is 300 g/mol. The summed E-state index contributed by atoms with van der Waals surface area (Å²) >= 11 is 0. The van der Waals surface area contributed by atoms with Crippen LogP contribution in [0, 0.1) is 39.9 Å². The van der Waals surface area contributed by atoms with Gasteiger partial charge in [-0.3, -0.25) is 4.79 Å². The molecule has 4 saturated carbocycles. The van der Waals surface area contributed by atoms with E-state index in [1.54, 1.807) is 0 Å². The summed E-state index contributed by atoms with van der Waals surface area (Å²) in [5.41, 5.74) is 0.865. The standard InChI is InChI=1S/C21H30O3/c1-11-15-9-21(17(23-15)16(11)24-18(21)22)8-14-12-4-19(2)5-13(14)7-20(3,6-12)10-19/h11-17H,4-10H2,1-3H3/t11-,12?,13?,14?,15?,16?,17?,19?,20?,21-/m1/s1. The lowest BCUT2D eigenvalue weighted by Crippen LogP contribution is -2.55. The van der Waals surface area contributed by atoms with E-state index in [1.807, 2.05) is 0 Å². The van der Waals surface area contributed by atoms with Gasteiger partial charge in [0, 0.05) is 5.92 Å². The molecular formula is C21H30O3. The second-order valence-electron chi connectivity index (χ2n) is 11.2. The average molecular weight is 330 g/mol. The summed E-state index contributed by atoms with van der Waals surface area (Å²) < 4.78 is 12.1. The van der Waals surface area contributed by atoms with Gasteiger partial charge < -0.3 is 9.47 Å². The molecule has 3 saturated heterocycles. The van der Waals surface area contributed by atoms with Gasteiger partial charge in [0.05, 0.1) is 6.10 Å². The fraction of sp³-hybridized carbons (Fsp3) is 0.952. The third-order valence-corrected chi connectivity index (χ3v) is 9.17. The van der Waals surface area contributed by atoms with Crippen LogP contribution in [-0.2, 0) is 14.3 Å². The Bertz CT molecular complexity index is 591. The molecule has 3 heterocycles. The van der Waals surface area contributed by atoms with Gasteiger partial charge in [-0.15, -0.1) is 0 Å². The molecule has 0 N–H and O–H groups in total. The first-order valence-corrected chi connectivity index (χ1v) is 10.2. The summed E-state index contributed by atoms with van der Waals surface area (Å²) in [5, 5.41) is 0. The van der Waals surface area contributed by atoms with E-state index in [-0.39, 0.29) is 29.7 Å². The molecule has 4 aliphatic carbocycles. The van der Waals surface area contributed by atoms with Crippen LogP contribution in [0.2, 0.25) is 0 Å². The molecule has 0 aromatic carbocycles. The number of ether oxygens (including phenoxy) is 2. The van der Waals surface area contributed by atoms with Crippen molar-refractivity contribution in [2.75, 3.05) is 0 Å². The Morgan fingerprint density at radius 3 is 2.25 bits per heavy atom. The van der Waals surface area contributed by atoms with Crippen LogP contribution in [0.4, 0.5) is 0 Å². The minimum Gasteiger partial charge on any atom is -0.459 e. The second-order valence-corrected chi connectivity index (χ2v) is 11.2. The van der Waals surface area contributed by atoms with Crippen molar-refractivity contribution in [1.29, 1.82) is 0 Å². The molecule has 6 bridgehead atoms. The highest BCUT2D eigenvalue weighted by atomic mass is 16.6. The largest absolute Gasteiger partial charge is 0.459 e. The average Bonchev–Trinajstić information content (AvgIpc) is 3.03. The highest BCUT2D eigenvalue weighted by Crippen LogP contribution is 2.69. The Labute approximate surface area is 144 Å². The number of carbonyl (C=O) groups excluding carboxylic acids is 1. The number of carbonyl (C=O) groups is 1. The molecule has 7 rings (SSSR count). The van der Waals surface area contributed by atoms with Crippen molar-refractivity contribution in [2.24, 2.45) is 39.9 Å². The number of hydrogen-bond acceptors (Lipinski definition) is 3. The highest BCUT2D eigenvalue weighted by Gasteiger charge is 2.72. The summed E-state index contributed by atoms with van der Waals surface area (Å²) in [6.45, 7) is 7.25. The zero-order valence-corrected chi connectivity index (χ0v) is 15.2. The lowest BCUT2D eigenvalue weighted by Gasteiger charge is -2.64. The molecule has 24 heavy (non-hydrogen) atoms. The molecule has 0 radical (unpaired) electrons. The summed E-state index contributed by atoms with van der Waals surface area (Å²) in [5.74, 6) is 2.87.